The lowest BCUT2D eigenvalue weighted by Gasteiger charge is -2.36. The van der Waals surface area contributed by atoms with Gasteiger partial charge in [0.05, 0.1) is 4.92 Å². The predicted octanol–water partition coefficient (Wildman–Crippen LogP) is 2.18. The first-order valence-electron chi connectivity index (χ1n) is 6.42. The van der Waals surface area contributed by atoms with Crippen molar-refractivity contribution in [2.75, 3.05) is 18.0 Å². The third-order valence-corrected chi connectivity index (χ3v) is 3.66. The lowest BCUT2D eigenvalue weighted by molar-refractivity contribution is -0.384. The van der Waals surface area contributed by atoms with Crippen LogP contribution < -0.4 is 10.6 Å². The lowest BCUT2D eigenvalue weighted by atomic mass is 9.94. The predicted molar refractivity (Wildman–Crippen MR) is 69.9 cm³/mol. The van der Waals surface area contributed by atoms with Crippen molar-refractivity contribution in [2.45, 2.75) is 25.6 Å². The highest BCUT2D eigenvalue weighted by molar-refractivity contribution is 5.63. The van der Waals surface area contributed by atoms with Gasteiger partial charge in [-0.1, -0.05) is 6.92 Å². The number of halogens is 3. The molecule has 0 saturated carbocycles. The number of nitrogens with zero attached hydrogens (tertiary/aromatic N) is 3. The van der Waals surface area contributed by atoms with Crippen molar-refractivity contribution < 1.29 is 18.1 Å². The molecule has 0 amide bonds. The van der Waals surface area contributed by atoms with Gasteiger partial charge in [-0.2, -0.15) is 13.2 Å². The minimum Gasteiger partial charge on any atom is -0.365 e. The van der Waals surface area contributed by atoms with Crippen LogP contribution in [0.15, 0.2) is 12.3 Å². The molecule has 1 aliphatic rings. The molecule has 0 bridgehead atoms. The molecule has 2 unspecified atom stereocenters. The fourth-order valence-electron chi connectivity index (χ4n) is 2.37. The molecule has 0 radical (unpaired) electrons. The summed E-state index contributed by atoms with van der Waals surface area (Å²) in [5, 5.41) is 11.0. The monoisotopic (exact) mass is 304 g/mol. The van der Waals surface area contributed by atoms with Crippen LogP contribution >= 0.6 is 0 Å². The number of nitrogens with two attached hydrogens (primary N) is 1. The molecule has 2 heterocycles. The molecule has 0 aliphatic carbocycles. The van der Waals surface area contributed by atoms with Gasteiger partial charge in [-0.25, -0.2) is 4.98 Å². The van der Waals surface area contributed by atoms with Crippen molar-refractivity contribution in [1.29, 1.82) is 0 Å². The molecule has 1 saturated heterocycles. The average Bonchev–Trinajstić information content (AvgIpc) is 2.40. The van der Waals surface area contributed by atoms with Gasteiger partial charge < -0.3 is 10.6 Å². The van der Waals surface area contributed by atoms with E-state index in [-0.39, 0.29) is 17.6 Å². The quantitative estimate of drug-likeness (QED) is 0.668. The Morgan fingerprint density at radius 1 is 1.52 bits per heavy atom. The normalized spacial score (nSPS) is 23.2. The highest BCUT2D eigenvalue weighted by Gasteiger charge is 2.36. The molecular weight excluding hydrogens is 289 g/mol. The second-order valence-corrected chi connectivity index (χ2v) is 5.19. The van der Waals surface area contributed by atoms with Crippen LogP contribution in [-0.2, 0) is 6.18 Å². The SMILES string of the molecule is CC1CN(c2cc(C(F)(F)F)ncc2[N+](=O)[O-])CCC1N. The molecule has 1 aromatic rings. The number of piperidine rings is 1. The zero-order valence-electron chi connectivity index (χ0n) is 11.3. The van der Waals surface area contributed by atoms with Crippen molar-refractivity contribution in [3.63, 3.8) is 0 Å². The molecule has 0 aromatic carbocycles. The van der Waals surface area contributed by atoms with Gasteiger partial charge in [0.15, 0.2) is 0 Å². The van der Waals surface area contributed by atoms with Crippen molar-refractivity contribution in [2.24, 2.45) is 11.7 Å². The van der Waals surface area contributed by atoms with Gasteiger partial charge in [0, 0.05) is 19.1 Å². The van der Waals surface area contributed by atoms with E-state index in [2.05, 4.69) is 4.98 Å². The summed E-state index contributed by atoms with van der Waals surface area (Å²) in [6.45, 7) is 2.63. The van der Waals surface area contributed by atoms with Gasteiger partial charge in [-0.3, -0.25) is 10.1 Å². The number of alkyl halides is 3. The average molecular weight is 304 g/mol. The maximum absolute atomic E-state index is 12.7. The minimum atomic E-state index is -4.64. The summed E-state index contributed by atoms with van der Waals surface area (Å²) < 4.78 is 38.2. The molecule has 2 rings (SSSR count). The molecule has 0 spiro atoms. The molecule has 2 N–H and O–H groups in total. The number of aromatic nitrogens is 1. The van der Waals surface area contributed by atoms with E-state index in [1.54, 1.807) is 4.90 Å². The standard InChI is InChI=1S/C12H15F3N4O2/c1-7-6-18(3-2-8(7)16)9-4-11(12(13,14)15)17-5-10(9)19(20)21/h4-5,7-8H,2-3,6,16H2,1H3. The third-order valence-electron chi connectivity index (χ3n) is 3.66. The summed E-state index contributed by atoms with van der Waals surface area (Å²) in [4.78, 5) is 15.0. The van der Waals surface area contributed by atoms with E-state index in [0.717, 1.165) is 6.07 Å². The summed E-state index contributed by atoms with van der Waals surface area (Å²) in [6, 6.07) is 0.686. The smallest absolute Gasteiger partial charge is 0.365 e. The van der Waals surface area contributed by atoms with Crippen LogP contribution in [0.4, 0.5) is 24.5 Å². The van der Waals surface area contributed by atoms with Crippen LogP contribution in [0.5, 0.6) is 0 Å². The lowest BCUT2D eigenvalue weighted by Crippen LogP contribution is -2.46. The Morgan fingerprint density at radius 3 is 2.71 bits per heavy atom. The van der Waals surface area contributed by atoms with E-state index in [1.807, 2.05) is 6.92 Å². The second-order valence-electron chi connectivity index (χ2n) is 5.19. The number of anilines is 1. The zero-order valence-corrected chi connectivity index (χ0v) is 11.3. The van der Waals surface area contributed by atoms with Crippen LogP contribution in [0.1, 0.15) is 19.0 Å². The first kappa shape index (κ1) is 15.5. The van der Waals surface area contributed by atoms with Gasteiger partial charge in [-0.15, -0.1) is 0 Å². The van der Waals surface area contributed by atoms with Crippen LogP contribution in [0.3, 0.4) is 0 Å². The Bertz CT molecular complexity index is 550. The Labute approximate surface area is 118 Å². The number of hydrogen-bond acceptors (Lipinski definition) is 5. The Hall–Kier alpha value is -1.90. The van der Waals surface area contributed by atoms with Gasteiger partial charge >= 0.3 is 11.9 Å². The van der Waals surface area contributed by atoms with Gasteiger partial charge in [0.25, 0.3) is 0 Å². The molecule has 1 aliphatic heterocycles. The first-order valence-corrected chi connectivity index (χ1v) is 6.42. The summed E-state index contributed by atoms with van der Waals surface area (Å²) in [5.74, 6) is 0.0425. The van der Waals surface area contributed by atoms with Crippen LogP contribution in [0, 0.1) is 16.0 Å². The first-order chi connectivity index (χ1) is 9.70. The van der Waals surface area contributed by atoms with E-state index in [9.17, 15) is 23.3 Å². The Morgan fingerprint density at radius 2 is 2.19 bits per heavy atom. The molecule has 6 nitrogen and oxygen atoms in total. The van der Waals surface area contributed by atoms with Crippen molar-refractivity contribution in [3.8, 4) is 0 Å². The largest absolute Gasteiger partial charge is 0.433 e. The zero-order chi connectivity index (χ0) is 15.8. The second kappa shape index (κ2) is 5.47. The van der Waals surface area contributed by atoms with Crippen LogP contribution in [0.25, 0.3) is 0 Å². The van der Waals surface area contributed by atoms with Gasteiger partial charge in [0.2, 0.25) is 0 Å². The molecule has 1 fully saturated rings. The van der Waals surface area contributed by atoms with Crippen LogP contribution in [0.2, 0.25) is 0 Å². The molecular formula is C12H15F3N4O2. The summed E-state index contributed by atoms with van der Waals surface area (Å²) in [5.41, 5.74) is 4.25. The highest BCUT2D eigenvalue weighted by Crippen LogP contribution is 2.36. The fraction of sp³-hybridized carbons (Fsp3) is 0.583. The third kappa shape index (κ3) is 3.23. The van der Waals surface area contributed by atoms with Crippen LogP contribution in [-0.4, -0.2) is 29.0 Å². The summed E-state index contributed by atoms with van der Waals surface area (Å²) in [7, 11) is 0. The van der Waals surface area contributed by atoms with E-state index >= 15 is 0 Å². The Kier molecular flexibility index (Phi) is 4.04. The molecule has 116 valence electrons. The van der Waals surface area contributed by atoms with Crippen molar-refractivity contribution in [3.05, 3.63) is 28.1 Å². The number of pyridine rings is 1. The maximum atomic E-state index is 12.7. The topological polar surface area (TPSA) is 85.3 Å². The highest BCUT2D eigenvalue weighted by atomic mass is 19.4. The number of nitro groups is 1. The minimum absolute atomic E-state index is 0.0425. The molecule has 21 heavy (non-hydrogen) atoms. The molecule has 1 aromatic heterocycles. The Balaban J connectivity index is 2.42. The maximum Gasteiger partial charge on any atom is 0.433 e. The van der Waals surface area contributed by atoms with Gasteiger partial charge in [-0.05, 0) is 18.4 Å². The number of rotatable bonds is 2. The fourth-order valence-corrected chi connectivity index (χ4v) is 2.37. The van der Waals surface area contributed by atoms with E-state index in [0.29, 0.717) is 25.7 Å². The summed E-state index contributed by atoms with van der Waals surface area (Å²) in [6.07, 6.45) is -3.40. The molecule has 2 atom stereocenters. The van der Waals surface area contributed by atoms with Crippen molar-refractivity contribution in [1.82, 2.24) is 4.98 Å². The van der Waals surface area contributed by atoms with E-state index in [4.69, 9.17) is 5.73 Å². The van der Waals surface area contributed by atoms with Crippen molar-refractivity contribution >= 4 is 11.4 Å². The summed E-state index contributed by atoms with van der Waals surface area (Å²) >= 11 is 0. The van der Waals surface area contributed by atoms with E-state index < -0.39 is 22.5 Å². The van der Waals surface area contributed by atoms with E-state index in [1.165, 1.54) is 0 Å². The van der Waals surface area contributed by atoms with Gasteiger partial charge in [0.1, 0.15) is 17.6 Å². The molecule has 9 heteroatoms. The number of hydrogen-bond donors (Lipinski definition) is 1.